The first-order chi connectivity index (χ1) is 15.3. The molecular weight excluding hydrogens is 410 g/mol. The van der Waals surface area contributed by atoms with Crippen LogP contribution in [0.4, 0.5) is 5.69 Å². The zero-order valence-electron chi connectivity index (χ0n) is 18.4. The van der Waals surface area contributed by atoms with Gasteiger partial charge in [0.05, 0.1) is 11.1 Å². The lowest BCUT2D eigenvalue weighted by atomic mass is 10.1. The quantitative estimate of drug-likeness (QED) is 0.326. The van der Waals surface area contributed by atoms with Crippen LogP contribution in [0.2, 0.25) is 0 Å². The lowest BCUT2D eigenvalue weighted by molar-refractivity contribution is -0.386. The van der Waals surface area contributed by atoms with Crippen LogP contribution in [0.15, 0.2) is 53.6 Å². The van der Waals surface area contributed by atoms with Crippen LogP contribution >= 0.6 is 0 Å². The lowest BCUT2D eigenvalue weighted by Gasteiger charge is -2.11. The minimum Gasteiger partial charge on any atom is -0.489 e. The molecule has 0 aliphatic rings. The maximum atomic E-state index is 12.5. The number of nitro groups is 1. The van der Waals surface area contributed by atoms with Crippen molar-refractivity contribution in [1.29, 1.82) is 0 Å². The number of benzene rings is 2. The first kappa shape index (κ1) is 22.7. The van der Waals surface area contributed by atoms with Crippen molar-refractivity contribution in [2.45, 2.75) is 40.3 Å². The Labute approximate surface area is 185 Å². The molecule has 1 atom stereocenters. The van der Waals surface area contributed by atoms with Crippen LogP contribution in [0.3, 0.4) is 0 Å². The third-order valence-electron chi connectivity index (χ3n) is 5.12. The van der Waals surface area contributed by atoms with E-state index in [4.69, 9.17) is 4.74 Å². The van der Waals surface area contributed by atoms with E-state index < -0.39 is 16.9 Å². The van der Waals surface area contributed by atoms with E-state index in [0.29, 0.717) is 18.1 Å². The highest BCUT2D eigenvalue weighted by Gasteiger charge is 2.26. The van der Waals surface area contributed by atoms with Gasteiger partial charge in [0.25, 0.3) is 5.91 Å². The summed E-state index contributed by atoms with van der Waals surface area (Å²) in [6.45, 7) is 7.20. The third-order valence-corrected chi connectivity index (χ3v) is 5.12. The molecule has 3 rings (SSSR count). The summed E-state index contributed by atoms with van der Waals surface area (Å²) in [7, 11) is 0. The van der Waals surface area contributed by atoms with Crippen LogP contribution in [0.5, 0.6) is 5.75 Å². The molecule has 1 heterocycles. The van der Waals surface area contributed by atoms with Crippen LogP contribution in [0.1, 0.15) is 41.0 Å². The molecule has 0 bridgehead atoms. The minimum atomic E-state index is -0.761. The summed E-state index contributed by atoms with van der Waals surface area (Å²) in [5.41, 5.74) is 5.97. The number of rotatable bonds is 8. The van der Waals surface area contributed by atoms with E-state index in [0.717, 1.165) is 16.7 Å². The number of carbonyl (C=O) groups excluding carboxylic acids is 1. The zero-order valence-corrected chi connectivity index (χ0v) is 18.4. The fourth-order valence-corrected chi connectivity index (χ4v) is 3.29. The standard InChI is InChI=1S/C23H25N5O4/c1-15-8-5-6-10-20(15)14-32-21-11-7-9-19(12-21)13-24-25-23(29)18(4)27-17(3)22(28(30)31)16(2)26-27/h5-13,18H,14H2,1-4H3,(H,25,29). The Hall–Kier alpha value is -4.01. The number of nitrogens with one attached hydrogen (secondary N) is 1. The average molecular weight is 435 g/mol. The largest absolute Gasteiger partial charge is 0.489 e. The summed E-state index contributed by atoms with van der Waals surface area (Å²) in [5.74, 6) is 0.251. The molecule has 1 amide bonds. The zero-order chi connectivity index (χ0) is 23.3. The first-order valence-corrected chi connectivity index (χ1v) is 10.1. The second kappa shape index (κ2) is 9.86. The Morgan fingerprint density at radius 2 is 2.00 bits per heavy atom. The van der Waals surface area contributed by atoms with E-state index >= 15 is 0 Å². The number of hydrazone groups is 1. The molecule has 9 nitrogen and oxygen atoms in total. The summed E-state index contributed by atoms with van der Waals surface area (Å²) in [6.07, 6.45) is 1.51. The van der Waals surface area contributed by atoms with Gasteiger partial charge in [0.1, 0.15) is 29.8 Å². The molecule has 0 aliphatic carbocycles. The molecule has 1 aromatic heterocycles. The van der Waals surface area contributed by atoms with Gasteiger partial charge in [0, 0.05) is 0 Å². The van der Waals surface area contributed by atoms with Gasteiger partial charge in [-0.15, -0.1) is 0 Å². The van der Waals surface area contributed by atoms with Gasteiger partial charge in [-0.2, -0.15) is 10.2 Å². The molecule has 0 spiro atoms. The highest BCUT2D eigenvalue weighted by atomic mass is 16.6. The topological polar surface area (TPSA) is 112 Å². The SMILES string of the molecule is Cc1ccccc1COc1cccc(C=NNC(=O)C(C)n2nc(C)c([N+](=O)[O-])c2C)c1. The van der Waals surface area contributed by atoms with Gasteiger partial charge >= 0.3 is 5.69 Å². The second-order valence-electron chi connectivity index (χ2n) is 7.42. The molecule has 9 heteroatoms. The monoisotopic (exact) mass is 435 g/mol. The molecule has 0 saturated carbocycles. The predicted octanol–water partition coefficient (Wildman–Crippen LogP) is 4.01. The van der Waals surface area contributed by atoms with Gasteiger partial charge in [-0.05, 0) is 56.5 Å². The van der Waals surface area contributed by atoms with Crippen LogP contribution in [-0.4, -0.2) is 26.8 Å². The number of hydrogen-bond acceptors (Lipinski definition) is 6. The Bertz CT molecular complexity index is 1170. The van der Waals surface area contributed by atoms with E-state index in [1.165, 1.54) is 10.9 Å². The van der Waals surface area contributed by atoms with Crippen molar-refractivity contribution in [3.05, 3.63) is 86.7 Å². The van der Waals surface area contributed by atoms with Crippen LogP contribution < -0.4 is 10.2 Å². The first-order valence-electron chi connectivity index (χ1n) is 10.1. The number of aryl methyl sites for hydroxylation is 2. The molecule has 166 valence electrons. The van der Waals surface area contributed by atoms with E-state index in [9.17, 15) is 14.9 Å². The summed E-state index contributed by atoms with van der Waals surface area (Å²) < 4.78 is 7.20. The van der Waals surface area contributed by atoms with Crippen molar-refractivity contribution in [2.24, 2.45) is 5.10 Å². The molecule has 32 heavy (non-hydrogen) atoms. The highest BCUT2D eigenvalue weighted by molar-refractivity contribution is 5.84. The molecule has 0 saturated heterocycles. The van der Waals surface area contributed by atoms with Gasteiger partial charge in [0.15, 0.2) is 0 Å². The van der Waals surface area contributed by atoms with Crippen LogP contribution in [0, 0.1) is 30.9 Å². The van der Waals surface area contributed by atoms with Crippen molar-refractivity contribution in [3.63, 3.8) is 0 Å². The highest BCUT2D eigenvalue weighted by Crippen LogP contribution is 2.24. The van der Waals surface area contributed by atoms with Crippen molar-refractivity contribution in [1.82, 2.24) is 15.2 Å². The number of amides is 1. The molecule has 0 fully saturated rings. The molecule has 0 aliphatic heterocycles. The Balaban J connectivity index is 1.61. The van der Waals surface area contributed by atoms with E-state index in [2.05, 4.69) is 15.6 Å². The fourth-order valence-electron chi connectivity index (χ4n) is 3.29. The number of aromatic nitrogens is 2. The summed E-state index contributed by atoms with van der Waals surface area (Å²) in [6, 6.07) is 14.6. The Kier molecular flexibility index (Phi) is 6.99. The van der Waals surface area contributed by atoms with Crippen molar-refractivity contribution in [2.75, 3.05) is 0 Å². The minimum absolute atomic E-state index is 0.0873. The lowest BCUT2D eigenvalue weighted by Crippen LogP contribution is -2.28. The summed E-state index contributed by atoms with van der Waals surface area (Å²) >= 11 is 0. The average Bonchev–Trinajstić information content (AvgIpc) is 3.06. The van der Waals surface area contributed by atoms with Crippen molar-refractivity contribution in [3.8, 4) is 5.75 Å². The normalized spacial score (nSPS) is 12.0. The molecule has 1 N–H and O–H groups in total. The van der Waals surface area contributed by atoms with E-state index in [-0.39, 0.29) is 11.4 Å². The van der Waals surface area contributed by atoms with Crippen LogP contribution in [-0.2, 0) is 11.4 Å². The van der Waals surface area contributed by atoms with Crippen molar-refractivity contribution < 1.29 is 14.5 Å². The van der Waals surface area contributed by atoms with Gasteiger partial charge in [-0.1, -0.05) is 36.4 Å². The number of nitrogens with zero attached hydrogens (tertiary/aromatic N) is 4. The number of hydrogen-bond donors (Lipinski definition) is 1. The summed E-state index contributed by atoms with van der Waals surface area (Å²) in [4.78, 5) is 23.1. The van der Waals surface area contributed by atoms with Gasteiger partial charge in [0.2, 0.25) is 0 Å². The molecule has 0 radical (unpaired) electrons. The Morgan fingerprint density at radius 1 is 1.25 bits per heavy atom. The molecule has 1 unspecified atom stereocenters. The Morgan fingerprint density at radius 3 is 2.69 bits per heavy atom. The maximum Gasteiger partial charge on any atom is 0.312 e. The van der Waals surface area contributed by atoms with Gasteiger partial charge < -0.3 is 4.74 Å². The van der Waals surface area contributed by atoms with Crippen molar-refractivity contribution >= 4 is 17.8 Å². The molecular formula is C23H25N5O4. The number of carbonyl (C=O) groups is 1. The third kappa shape index (κ3) is 5.18. The van der Waals surface area contributed by atoms with E-state index in [1.807, 2.05) is 55.5 Å². The predicted molar refractivity (Wildman–Crippen MR) is 121 cm³/mol. The maximum absolute atomic E-state index is 12.5. The van der Waals surface area contributed by atoms with E-state index in [1.54, 1.807) is 20.8 Å². The molecule has 2 aromatic carbocycles. The van der Waals surface area contributed by atoms with Crippen LogP contribution in [0.25, 0.3) is 0 Å². The second-order valence-corrected chi connectivity index (χ2v) is 7.42. The van der Waals surface area contributed by atoms with Gasteiger partial charge in [-0.25, -0.2) is 5.43 Å². The fraction of sp³-hybridized carbons (Fsp3) is 0.261. The smallest absolute Gasteiger partial charge is 0.312 e. The molecule has 3 aromatic rings. The number of ether oxygens (including phenoxy) is 1. The summed E-state index contributed by atoms with van der Waals surface area (Å²) in [5, 5.41) is 19.3. The van der Waals surface area contributed by atoms with Gasteiger partial charge in [-0.3, -0.25) is 19.6 Å².